The van der Waals surface area contributed by atoms with Gasteiger partial charge in [-0.25, -0.2) is 13.1 Å². The molecule has 0 spiro atoms. The predicted octanol–water partition coefficient (Wildman–Crippen LogP) is 3.69. The molecule has 2 aromatic rings. The molecule has 0 aliphatic carbocycles. The summed E-state index contributed by atoms with van der Waals surface area (Å²) in [5.41, 5.74) is 1.21. The fraction of sp³-hybridized carbons (Fsp3) is 0.188. The molecule has 0 aliphatic rings. The van der Waals surface area contributed by atoms with Crippen LogP contribution in [0.3, 0.4) is 0 Å². The number of nitrogens with one attached hydrogen (secondary N) is 1. The van der Waals surface area contributed by atoms with Crippen molar-refractivity contribution in [1.82, 2.24) is 4.72 Å². The fourth-order valence-corrected chi connectivity index (χ4v) is 3.97. The maximum absolute atomic E-state index is 12.5. The Balaban J connectivity index is 2.30. The van der Waals surface area contributed by atoms with Crippen LogP contribution in [0, 0.1) is 0 Å². The summed E-state index contributed by atoms with van der Waals surface area (Å²) in [4.78, 5) is 11.5. The fourth-order valence-electron chi connectivity index (χ4n) is 2.07. The number of ketones is 1. The van der Waals surface area contributed by atoms with Gasteiger partial charge in [0, 0.05) is 16.1 Å². The normalized spacial score (nSPS) is 12.9. The van der Waals surface area contributed by atoms with Crippen molar-refractivity contribution < 1.29 is 13.2 Å². The van der Waals surface area contributed by atoms with E-state index >= 15 is 0 Å². The molecule has 0 radical (unpaired) electrons. The Hall–Kier alpha value is -1.50. The molecule has 1 atom stereocenters. The number of hydrogen-bond donors (Lipinski definition) is 1. The van der Waals surface area contributed by atoms with Crippen molar-refractivity contribution in [3.63, 3.8) is 0 Å². The summed E-state index contributed by atoms with van der Waals surface area (Å²) < 4.78 is 28.4. The van der Waals surface area contributed by atoms with Crippen molar-refractivity contribution in [2.24, 2.45) is 0 Å². The summed E-state index contributed by atoms with van der Waals surface area (Å²) >= 11 is 3.41. The zero-order valence-corrected chi connectivity index (χ0v) is 14.6. The van der Waals surface area contributed by atoms with Crippen LogP contribution in [0.15, 0.2) is 57.9 Å². The smallest absolute Gasteiger partial charge is 0.241 e. The van der Waals surface area contributed by atoms with Crippen molar-refractivity contribution in [3.8, 4) is 0 Å². The minimum Gasteiger partial charge on any atom is -0.295 e. The van der Waals surface area contributed by atoms with E-state index in [-0.39, 0.29) is 10.7 Å². The molecular weight excluding hydrogens is 366 g/mol. The maximum atomic E-state index is 12.5. The highest BCUT2D eigenvalue weighted by molar-refractivity contribution is 9.10. The van der Waals surface area contributed by atoms with Crippen LogP contribution in [0.25, 0.3) is 0 Å². The van der Waals surface area contributed by atoms with E-state index in [1.54, 1.807) is 19.1 Å². The third-order valence-corrected chi connectivity index (χ3v) is 5.52. The number of rotatable bonds is 5. The van der Waals surface area contributed by atoms with Gasteiger partial charge >= 0.3 is 0 Å². The summed E-state index contributed by atoms with van der Waals surface area (Å²) in [5.74, 6) is -0.170. The number of Topliss-reactive ketones (excluding diaryl/α,β-unsaturated/α-hetero) is 1. The molecule has 0 aromatic heterocycles. The lowest BCUT2D eigenvalue weighted by molar-refractivity contribution is 0.101. The van der Waals surface area contributed by atoms with Crippen molar-refractivity contribution in [2.75, 3.05) is 0 Å². The molecule has 0 unspecified atom stereocenters. The van der Waals surface area contributed by atoms with Gasteiger partial charge in [-0.1, -0.05) is 46.3 Å². The standard InChI is InChI=1S/C16H16BrNO3S/c1-11(15-8-3-4-9-16(15)17)18-22(20,21)14-7-5-6-13(10-14)12(2)19/h3-11,18H,1-2H3/t11-/m0/s1. The Morgan fingerprint density at radius 1 is 1.14 bits per heavy atom. The van der Waals surface area contributed by atoms with Gasteiger partial charge < -0.3 is 0 Å². The molecule has 6 heteroatoms. The molecule has 22 heavy (non-hydrogen) atoms. The summed E-state index contributed by atoms with van der Waals surface area (Å²) in [5, 5.41) is 0. The summed E-state index contributed by atoms with van der Waals surface area (Å²) in [6.45, 7) is 3.18. The van der Waals surface area contributed by atoms with Crippen LogP contribution in [0.1, 0.15) is 35.8 Å². The average Bonchev–Trinajstić information content (AvgIpc) is 2.47. The van der Waals surface area contributed by atoms with E-state index in [4.69, 9.17) is 0 Å². The number of halogens is 1. The van der Waals surface area contributed by atoms with E-state index in [1.165, 1.54) is 19.1 Å². The Kier molecular flexibility index (Phi) is 5.16. The van der Waals surface area contributed by atoms with Crippen molar-refractivity contribution in [3.05, 3.63) is 64.1 Å². The Bertz CT molecular complexity index is 803. The van der Waals surface area contributed by atoms with Gasteiger partial charge in [-0.2, -0.15) is 0 Å². The van der Waals surface area contributed by atoms with E-state index in [2.05, 4.69) is 20.7 Å². The van der Waals surface area contributed by atoms with Gasteiger partial charge in [-0.05, 0) is 37.6 Å². The third-order valence-electron chi connectivity index (χ3n) is 3.25. The minimum absolute atomic E-state index is 0.0825. The van der Waals surface area contributed by atoms with Crippen LogP contribution in [0.5, 0.6) is 0 Å². The first kappa shape index (κ1) is 16.9. The molecular formula is C16H16BrNO3S. The zero-order valence-electron chi connectivity index (χ0n) is 12.2. The average molecular weight is 382 g/mol. The molecule has 0 fully saturated rings. The molecule has 1 N–H and O–H groups in total. The quantitative estimate of drug-likeness (QED) is 0.803. The molecule has 2 aromatic carbocycles. The van der Waals surface area contributed by atoms with Crippen molar-refractivity contribution in [1.29, 1.82) is 0 Å². The lowest BCUT2D eigenvalue weighted by Gasteiger charge is -2.16. The van der Waals surface area contributed by atoms with Crippen LogP contribution >= 0.6 is 15.9 Å². The lowest BCUT2D eigenvalue weighted by atomic mass is 10.1. The number of hydrogen-bond acceptors (Lipinski definition) is 3. The number of carbonyl (C=O) groups is 1. The Morgan fingerprint density at radius 2 is 1.82 bits per heavy atom. The first-order chi connectivity index (χ1) is 10.3. The van der Waals surface area contributed by atoms with E-state index in [1.807, 2.05) is 24.3 Å². The second-order valence-electron chi connectivity index (χ2n) is 4.95. The molecule has 0 amide bonds. The minimum atomic E-state index is -3.70. The Labute approximate surface area is 138 Å². The summed E-state index contributed by atoms with van der Waals surface area (Å²) in [6.07, 6.45) is 0. The van der Waals surface area contributed by atoms with Gasteiger partial charge in [0.2, 0.25) is 10.0 Å². The highest BCUT2D eigenvalue weighted by Crippen LogP contribution is 2.24. The molecule has 0 aliphatic heterocycles. The second-order valence-corrected chi connectivity index (χ2v) is 7.52. The number of sulfonamides is 1. The largest absolute Gasteiger partial charge is 0.295 e. The van der Waals surface area contributed by atoms with Gasteiger partial charge in [-0.15, -0.1) is 0 Å². The van der Waals surface area contributed by atoms with Crippen LogP contribution in [-0.2, 0) is 10.0 Å². The van der Waals surface area contributed by atoms with E-state index in [9.17, 15) is 13.2 Å². The molecule has 0 saturated heterocycles. The maximum Gasteiger partial charge on any atom is 0.241 e. The van der Waals surface area contributed by atoms with Gasteiger partial charge in [0.05, 0.1) is 4.90 Å². The van der Waals surface area contributed by atoms with Crippen molar-refractivity contribution >= 4 is 31.7 Å². The van der Waals surface area contributed by atoms with E-state index in [0.717, 1.165) is 10.0 Å². The second kappa shape index (κ2) is 6.73. The van der Waals surface area contributed by atoms with Crippen LogP contribution in [0.4, 0.5) is 0 Å². The van der Waals surface area contributed by atoms with Crippen LogP contribution in [0.2, 0.25) is 0 Å². The van der Waals surface area contributed by atoms with Crippen LogP contribution in [-0.4, -0.2) is 14.2 Å². The lowest BCUT2D eigenvalue weighted by Crippen LogP contribution is -2.27. The first-order valence-electron chi connectivity index (χ1n) is 6.69. The third kappa shape index (κ3) is 3.82. The molecule has 116 valence electrons. The SMILES string of the molecule is CC(=O)c1cccc(S(=O)(=O)N[C@@H](C)c2ccccc2Br)c1. The molecule has 0 bridgehead atoms. The molecule has 2 rings (SSSR count). The molecule has 0 saturated carbocycles. The molecule has 0 heterocycles. The topological polar surface area (TPSA) is 63.2 Å². The summed E-state index contributed by atoms with van der Waals surface area (Å²) in [6, 6.07) is 13.0. The van der Waals surface area contributed by atoms with Gasteiger partial charge in [0.15, 0.2) is 5.78 Å². The van der Waals surface area contributed by atoms with Gasteiger partial charge in [-0.3, -0.25) is 4.79 Å². The number of carbonyl (C=O) groups excluding carboxylic acids is 1. The van der Waals surface area contributed by atoms with E-state index < -0.39 is 16.1 Å². The number of benzene rings is 2. The highest BCUT2D eigenvalue weighted by Gasteiger charge is 2.20. The predicted molar refractivity (Wildman–Crippen MR) is 89.3 cm³/mol. The van der Waals surface area contributed by atoms with Crippen molar-refractivity contribution in [2.45, 2.75) is 24.8 Å². The Morgan fingerprint density at radius 3 is 2.45 bits per heavy atom. The molecule has 4 nitrogen and oxygen atoms in total. The van der Waals surface area contributed by atoms with Gasteiger partial charge in [0.25, 0.3) is 0 Å². The highest BCUT2D eigenvalue weighted by atomic mass is 79.9. The van der Waals surface area contributed by atoms with Crippen LogP contribution < -0.4 is 4.72 Å². The van der Waals surface area contributed by atoms with E-state index in [0.29, 0.717) is 5.56 Å². The monoisotopic (exact) mass is 381 g/mol. The summed E-state index contributed by atoms with van der Waals surface area (Å²) in [7, 11) is -3.70. The van der Waals surface area contributed by atoms with Gasteiger partial charge in [0.1, 0.15) is 0 Å². The zero-order chi connectivity index (χ0) is 16.3. The first-order valence-corrected chi connectivity index (χ1v) is 8.96.